The van der Waals surface area contributed by atoms with Crippen molar-refractivity contribution in [1.82, 2.24) is 5.32 Å². The molecule has 0 aromatic rings. The van der Waals surface area contributed by atoms with Gasteiger partial charge in [-0.3, -0.25) is 9.59 Å². The van der Waals surface area contributed by atoms with Crippen LogP contribution in [0.2, 0.25) is 0 Å². The maximum absolute atomic E-state index is 12.5. The van der Waals surface area contributed by atoms with Crippen molar-refractivity contribution in [3.05, 3.63) is 36.5 Å². The van der Waals surface area contributed by atoms with Gasteiger partial charge in [0.15, 0.2) is 0 Å². The van der Waals surface area contributed by atoms with Crippen LogP contribution in [0, 0.1) is 0 Å². The first-order valence-corrected chi connectivity index (χ1v) is 28.8. The van der Waals surface area contributed by atoms with Gasteiger partial charge in [0.2, 0.25) is 5.91 Å². The van der Waals surface area contributed by atoms with Crippen LogP contribution in [-0.2, 0) is 14.3 Å². The number of aliphatic hydroxyl groups is 2. The van der Waals surface area contributed by atoms with Gasteiger partial charge in [0.1, 0.15) is 0 Å². The molecule has 0 rings (SSSR count). The third-order valence-electron chi connectivity index (χ3n) is 13.1. The van der Waals surface area contributed by atoms with E-state index in [0.717, 1.165) is 64.2 Å². The van der Waals surface area contributed by atoms with E-state index in [1.807, 2.05) is 6.08 Å². The van der Waals surface area contributed by atoms with Crippen molar-refractivity contribution in [2.24, 2.45) is 0 Å². The molecule has 0 aliphatic carbocycles. The molecular weight excluding hydrogens is 803 g/mol. The van der Waals surface area contributed by atoms with Crippen LogP contribution >= 0.6 is 0 Å². The summed E-state index contributed by atoms with van der Waals surface area (Å²) in [6.07, 6.45) is 67.3. The quantitative estimate of drug-likeness (QED) is 0.0321. The molecule has 6 heteroatoms. The molecule has 382 valence electrons. The number of rotatable bonds is 53. The summed E-state index contributed by atoms with van der Waals surface area (Å²) in [5.74, 6) is -0.0987. The highest BCUT2D eigenvalue weighted by Gasteiger charge is 2.18. The summed E-state index contributed by atoms with van der Waals surface area (Å²) in [6.45, 7) is 4.85. The molecule has 0 spiro atoms. The Morgan fingerprint density at radius 2 is 0.738 bits per heavy atom. The third-order valence-corrected chi connectivity index (χ3v) is 13.1. The van der Waals surface area contributed by atoms with Gasteiger partial charge in [-0.25, -0.2) is 0 Å². The summed E-state index contributed by atoms with van der Waals surface area (Å²) >= 11 is 0. The van der Waals surface area contributed by atoms with Crippen LogP contribution in [0.5, 0.6) is 0 Å². The van der Waals surface area contributed by atoms with Crippen LogP contribution in [-0.4, -0.2) is 47.4 Å². The Kier molecular flexibility index (Phi) is 53.1. The van der Waals surface area contributed by atoms with Gasteiger partial charge in [-0.05, 0) is 77.0 Å². The van der Waals surface area contributed by atoms with E-state index in [1.54, 1.807) is 6.08 Å². The SMILES string of the molecule is CCCC/C=C\CCCCCCCC(=O)OCCCCCCCCC/C=C\CCCCCCCC(=O)NC(CO)C(O)/C=C/CCCCCCCCCCCCCCCCCCCCC. The Labute approximate surface area is 404 Å². The topological polar surface area (TPSA) is 95.9 Å². The Morgan fingerprint density at radius 1 is 0.415 bits per heavy atom. The number of allylic oxidation sites excluding steroid dienone is 5. The van der Waals surface area contributed by atoms with E-state index in [9.17, 15) is 19.8 Å². The second kappa shape index (κ2) is 54.7. The summed E-state index contributed by atoms with van der Waals surface area (Å²) < 4.78 is 5.44. The first kappa shape index (κ1) is 63.1. The fourth-order valence-corrected chi connectivity index (χ4v) is 8.67. The van der Waals surface area contributed by atoms with Gasteiger partial charge in [-0.15, -0.1) is 0 Å². The average Bonchev–Trinajstić information content (AvgIpc) is 3.31. The average molecular weight is 915 g/mol. The van der Waals surface area contributed by atoms with Crippen molar-refractivity contribution < 1.29 is 24.5 Å². The fourth-order valence-electron chi connectivity index (χ4n) is 8.67. The van der Waals surface area contributed by atoms with E-state index >= 15 is 0 Å². The van der Waals surface area contributed by atoms with Gasteiger partial charge in [-0.2, -0.15) is 0 Å². The lowest BCUT2D eigenvalue weighted by molar-refractivity contribution is -0.143. The first-order chi connectivity index (χ1) is 32.0. The molecule has 3 N–H and O–H groups in total. The van der Waals surface area contributed by atoms with Gasteiger partial charge in [0.25, 0.3) is 0 Å². The van der Waals surface area contributed by atoms with E-state index in [2.05, 4.69) is 43.5 Å². The van der Waals surface area contributed by atoms with Gasteiger partial charge >= 0.3 is 5.97 Å². The largest absolute Gasteiger partial charge is 0.466 e. The number of ether oxygens (including phenoxy) is 1. The minimum atomic E-state index is -0.856. The maximum atomic E-state index is 12.5. The highest BCUT2D eigenvalue weighted by Crippen LogP contribution is 2.16. The Bertz CT molecular complexity index is 1060. The van der Waals surface area contributed by atoms with Crippen molar-refractivity contribution in [3.8, 4) is 0 Å². The lowest BCUT2D eigenvalue weighted by atomic mass is 10.0. The number of hydrogen-bond acceptors (Lipinski definition) is 5. The van der Waals surface area contributed by atoms with E-state index in [1.165, 1.54) is 212 Å². The number of carbonyl (C=O) groups is 2. The lowest BCUT2D eigenvalue weighted by Gasteiger charge is -2.20. The Morgan fingerprint density at radius 3 is 1.14 bits per heavy atom. The van der Waals surface area contributed by atoms with E-state index in [0.29, 0.717) is 19.4 Å². The van der Waals surface area contributed by atoms with Gasteiger partial charge in [-0.1, -0.05) is 249 Å². The number of unbranched alkanes of at least 4 members (excludes halogenated alkanes) is 38. The van der Waals surface area contributed by atoms with E-state index in [-0.39, 0.29) is 18.5 Å². The second-order valence-electron chi connectivity index (χ2n) is 19.6. The molecule has 0 fully saturated rings. The van der Waals surface area contributed by atoms with Crippen LogP contribution in [0.25, 0.3) is 0 Å². The van der Waals surface area contributed by atoms with E-state index < -0.39 is 12.1 Å². The van der Waals surface area contributed by atoms with Crippen molar-refractivity contribution >= 4 is 11.9 Å². The summed E-state index contributed by atoms with van der Waals surface area (Å²) in [5, 5.41) is 23.2. The monoisotopic (exact) mass is 914 g/mol. The molecule has 0 heterocycles. The van der Waals surface area contributed by atoms with Crippen LogP contribution in [0.4, 0.5) is 0 Å². The molecule has 0 aromatic heterocycles. The number of nitrogens with one attached hydrogen (secondary N) is 1. The molecule has 0 radical (unpaired) electrons. The molecule has 0 aliphatic rings. The van der Waals surface area contributed by atoms with Crippen molar-refractivity contribution in [1.29, 1.82) is 0 Å². The second-order valence-corrected chi connectivity index (χ2v) is 19.6. The van der Waals surface area contributed by atoms with Crippen LogP contribution in [0.3, 0.4) is 0 Å². The molecular formula is C59H111NO5. The summed E-state index contributed by atoms with van der Waals surface area (Å²) in [4.78, 5) is 24.4. The fraction of sp³-hybridized carbons (Fsp3) is 0.864. The zero-order chi connectivity index (χ0) is 47.2. The van der Waals surface area contributed by atoms with Gasteiger partial charge in [0.05, 0.1) is 25.4 Å². The zero-order valence-corrected chi connectivity index (χ0v) is 43.5. The Hall–Kier alpha value is -1.92. The first-order valence-electron chi connectivity index (χ1n) is 28.8. The molecule has 2 atom stereocenters. The predicted molar refractivity (Wildman–Crippen MR) is 283 cm³/mol. The standard InChI is InChI=1S/C59H111NO5/c1-3-5-7-9-11-13-15-16-17-18-19-20-21-22-25-28-32-35-39-43-47-51-57(62)56(55-61)60-58(63)52-48-44-40-36-33-29-26-23-24-27-30-34-38-42-46-50-54-65-59(64)53-49-45-41-37-31-14-12-10-8-6-4-2/h10,12,23,26,47,51,56-57,61-62H,3-9,11,13-22,24-25,27-46,48-50,52-55H2,1-2H3,(H,60,63)/b12-10-,26-23-,51-47+. The molecule has 6 nitrogen and oxygen atoms in total. The molecule has 2 unspecified atom stereocenters. The highest BCUT2D eigenvalue weighted by molar-refractivity contribution is 5.76. The lowest BCUT2D eigenvalue weighted by Crippen LogP contribution is -2.45. The molecule has 0 aliphatic heterocycles. The smallest absolute Gasteiger partial charge is 0.305 e. The van der Waals surface area contributed by atoms with E-state index in [4.69, 9.17) is 4.74 Å². The van der Waals surface area contributed by atoms with Gasteiger partial charge < -0.3 is 20.3 Å². The van der Waals surface area contributed by atoms with Gasteiger partial charge in [0, 0.05) is 12.8 Å². The number of carbonyl (C=O) groups excluding carboxylic acids is 2. The Balaban J connectivity index is 3.52. The minimum Gasteiger partial charge on any atom is -0.466 e. The molecule has 0 aromatic carbocycles. The van der Waals surface area contributed by atoms with Crippen molar-refractivity contribution in [2.45, 2.75) is 315 Å². The number of aliphatic hydroxyl groups excluding tert-OH is 2. The predicted octanol–water partition coefficient (Wildman–Crippen LogP) is 17.6. The van der Waals surface area contributed by atoms with Crippen LogP contribution in [0.1, 0.15) is 303 Å². The maximum Gasteiger partial charge on any atom is 0.305 e. The summed E-state index contributed by atoms with van der Waals surface area (Å²) in [7, 11) is 0. The van der Waals surface area contributed by atoms with Crippen LogP contribution in [0.15, 0.2) is 36.5 Å². The summed E-state index contributed by atoms with van der Waals surface area (Å²) in [6, 6.07) is -0.641. The number of esters is 1. The molecule has 1 amide bonds. The van der Waals surface area contributed by atoms with Crippen LogP contribution < -0.4 is 5.32 Å². The number of hydrogen-bond donors (Lipinski definition) is 3. The molecule has 0 bridgehead atoms. The summed E-state index contributed by atoms with van der Waals surface area (Å²) in [5.41, 5.74) is 0. The zero-order valence-electron chi connectivity index (χ0n) is 43.5. The highest BCUT2D eigenvalue weighted by atomic mass is 16.5. The molecule has 0 saturated carbocycles. The van der Waals surface area contributed by atoms with Crippen molar-refractivity contribution in [3.63, 3.8) is 0 Å². The van der Waals surface area contributed by atoms with Crippen molar-refractivity contribution in [2.75, 3.05) is 13.2 Å². The molecule has 0 saturated heterocycles. The third kappa shape index (κ3) is 51.3. The molecule has 65 heavy (non-hydrogen) atoms. The normalized spacial score (nSPS) is 12.9. The minimum absolute atomic E-state index is 0.0150. The number of amides is 1.